The van der Waals surface area contributed by atoms with Gasteiger partial charge in [0.1, 0.15) is 23.1 Å². The molecule has 2 aliphatic heterocycles. The normalized spacial score (nSPS) is 19.0. The third kappa shape index (κ3) is 7.28. The Hall–Kier alpha value is -4.64. The number of fused-ring (bicyclic) bond motifs is 3. The van der Waals surface area contributed by atoms with Gasteiger partial charge in [0.15, 0.2) is 15.4 Å². The Labute approximate surface area is 250 Å². The zero-order chi connectivity index (χ0) is 31.5. The molecule has 0 saturated carbocycles. The largest absolute Gasteiger partial charge is 0.435 e. The molecule has 17 heteroatoms. The van der Waals surface area contributed by atoms with Crippen LogP contribution in [0.2, 0.25) is 0 Å². The minimum atomic E-state index is -4.28. The van der Waals surface area contributed by atoms with Gasteiger partial charge in [-0.25, -0.2) is 21.8 Å². The average molecular weight is 650 g/mol. The lowest BCUT2D eigenvalue weighted by Crippen LogP contribution is -2.51. The fourth-order valence-electron chi connectivity index (χ4n) is 4.48. The molecule has 2 aromatic carbocycles. The molecule has 1 unspecified atom stereocenters. The molecular formula is C27H25F2N5O8S2. The SMILES string of the molecule is O=C(CNC(=O)[C@H](CS(=O)(=O)Cc1ccccc1OC(F)F)N=C1NS(=O)(=O)C2=CC=CNC1C2)c1nc2ccccc2o1. The van der Waals surface area contributed by atoms with E-state index in [-0.39, 0.29) is 34.4 Å². The van der Waals surface area contributed by atoms with Crippen LogP contribution in [0.1, 0.15) is 22.7 Å². The highest BCUT2D eigenvalue weighted by Crippen LogP contribution is 2.24. The molecule has 0 aliphatic carbocycles. The van der Waals surface area contributed by atoms with Crippen LogP contribution in [0.3, 0.4) is 0 Å². The molecule has 0 spiro atoms. The van der Waals surface area contributed by atoms with E-state index in [2.05, 4.69) is 30.1 Å². The number of hydrogen-bond donors (Lipinski definition) is 3. The number of ether oxygens (including phenoxy) is 1. The van der Waals surface area contributed by atoms with E-state index in [4.69, 9.17) is 4.42 Å². The monoisotopic (exact) mass is 649 g/mol. The van der Waals surface area contributed by atoms with Crippen molar-refractivity contribution < 1.29 is 44.4 Å². The number of sulfonamides is 1. The van der Waals surface area contributed by atoms with Crippen molar-refractivity contribution in [1.82, 2.24) is 20.3 Å². The Morgan fingerprint density at radius 2 is 1.91 bits per heavy atom. The molecule has 2 aliphatic rings. The van der Waals surface area contributed by atoms with Gasteiger partial charge in [0.05, 0.1) is 29.0 Å². The molecule has 3 heterocycles. The van der Waals surface area contributed by atoms with E-state index in [0.29, 0.717) is 11.1 Å². The van der Waals surface area contributed by atoms with Crippen LogP contribution in [0.25, 0.3) is 11.1 Å². The van der Waals surface area contributed by atoms with Crippen molar-refractivity contribution in [2.24, 2.45) is 4.99 Å². The molecule has 3 N–H and O–H groups in total. The molecule has 0 radical (unpaired) electrons. The number of nitrogens with one attached hydrogen (secondary N) is 3. The molecular weight excluding hydrogens is 624 g/mol. The van der Waals surface area contributed by atoms with Gasteiger partial charge >= 0.3 is 6.61 Å². The first-order valence-corrected chi connectivity index (χ1v) is 16.3. The second-order valence-electron chi connectivity index (χ2n) is 9.72. The first kappa shape index (κ1) is 30.8. The Morgan fingerprint density at radius 1 is 1.16 bits per heavy atom. The molecule has 2 bridgehead atoms. The smallest absolute Gasteiger partial charge is 0.387 e. The molecule has 1 aromatic heterocycles. The number of ketones is 1. The number of rotatable bonds is 11. The number of halogens is 2. The minimum absolute atomic E-state index is 0.0309. The zero-order valence-corrected chi connectivity index (χ0v) is 24.3. The standard InChI is InChI=1S/C27H25F2N5O8S2/c28-27(29)42-22-9-3-1-6-16(22)14-43(37,38)15-20(32-24-19-12-17(7-5-11-30-19)44(39,40)34-24)25(36)31-13-21(35)26-33-18-8-2-4-10-23(18)41-26/h1-11,19-20,27,30H,12-15H2,(H,31,36)(H,32,34)/t19?,20-/m0/s1. The summed E-state index contributed by atoms with van der Waals surface area (Å²) in [6.45, 7) is -3.84. The summed E-state index contributed by atoms with van der Waals surface area (Å²) < 4.78 is 89.9. The molecule has 1 saturated heterocycles. The molecule has 2 atom stereocenters. The van der Waals surface area contributed by atoms with Gasteiger partial charge in [-0.05, 0) is 36.6 Å². The van der Waals surface area contributed by atoms with Crippen LogP contribution < -0.4 is 20.1 Å². The van der Waals surface area contributed by atoms with Crippen molar-refractivity contribution in [3.63, 3.8) is 0 Å². The number of carbonyl (C=O) groups excluding carboxylic acids is 2. The Balaban J connectivity index is 1.40. The van der Waals surface area contributed by atoms with Crippen molar-refractivity contribution in [3.8, 4) is 5.75 Å². The summed E-state index contributed by atoms with van der Waals surface area (Å²) in [6.07, 6.45) is 4.30. The molecule has 1 amide bonds. The molecule has 44 heavy (non-hydrogen) atoms. The second-order valence-corrected chi connectivity index (χ2v) is 13.6. The van der Waals surface area contributed by atoms with Gasteiger partial charge < -0.3 is 19.8 Å². The van der Waals surface area contributed by atoms with E-state index < -0.39 is 68.3 Å². The van der Waals surface area contributed by atoms with E-state index in [9.17, 15) is 35.2 Å². The number of sulfone groups is 1. The fourth-order valence-corrected chi connectivity index (χ4v) is 7.27. The van der Waals surface area contributed by atoms with E-state index in [0.717, 1.165) is 0 Å². The van der Waals surface area contributed by atoms with E-state index >= 15 is 0 Å². The van der Waals surface area contributed by atoms with Crippen molar-refractivity contribution in [2.45, 2.75) is 30.9 Å². The quantitative estimate of drug-likeness (QED) is 0.259. The maximum atomic E-state index is 13.3. The number of alkyl halides is 2. The van der Waals surface area contributed by atoms with Crippen LogP contribution in [0.5, 0.6) is 5.75 Å². The highest BCUT2D eigenvalue weighted by Gasteiger charge is 2.36. The number of hydrogen-bond acceptors (Lipinski definition) is 11. The highest BCUT2D eigenvalue weighted by atomic mass is 32.2. The average Bonchev–Trinajstić information content (AvgIpc) is 3.26. The number of benzene rings is 2. The molecule has 5 rings (SSSR count). The number of oxazole rings is 1. The lowest BCUT2D eigenvalue weighted by Gasteiger charge is -2.27. The predicted octanol–water partition coefficient (Wildman–Crippen LogP) is 1.80. The third-order valence-electron chi connectivity index (χ3n) is 6.52. The lowest BCUT2D eigenvalue weighted by molar-refractivity contribution is -0.121. The van der Waals surface area contributed by atoms with Gasteiger partial charge in [-0.1, -0.05) is 30.3 Å². The predicted molar refractivity (Wildman–Crippen MR) is 154 cm³/mol. The number of nitrogens with zero attached hydrogens (tertiary/aromatic N) is 2. The summed E-state index contributed by atoms with van der Waals surface area (Å²) in [5.41, 5.74) is 0.669. The zero-order valence-electron chi connectivity index (χ0n) is 22.6. The number of aromatic nitrogens is 1. The maximum absolute atomic E-state index is 13.3. The Kier molecular flexibility index (Phi) is 8.78. The molecule has 3 aromatic rings. The van der Waals surface area contributed by atoms with Gasteiger partial charge in [-0.2, -0.15) is 8.78 Å². The molecule has 13 nitrogen and oxygen atoms in total. The van der Waals surface area contributed by atoms with E-state index in [1.807, 2.05) is 0 Å². The number of amides is 1. The van der Waals surface area contributed by atoms with Crippen LogP contribution in [0, 0.1) is 0 Å². The number of aliphatic imine (C=N–C) groups is 1. The Morgan fingerprint density at radius 3 is 2.68 bits per heavy atom. The summed E-state index contributed by atoms with van der Waals surface area (Å²) in [5.74, 6) is -4.37. The van der Waals surface area contributed by atoms with Crippen LogP contribution in [0.15, 0.2) is 81.2 Å². The lowest BCUT2D eigenvalue weighted by atomic mass is 10.1. The summed E-state index contributed by atoms with van der Waals surface area (Å²) >= 11 is 0. The van der Waals surface area contributed by atoms with Crippen molar-refractivity contribution in [2.75, 3.05) is 12.3 Å². The maximum Gasteiger partial charge on any atom is 0.387 e. The topological polar surface area (TPSA) is 186 Å². The van der Waals surface area contributed by atoms with Gasteiger partial charge in [0.25, 0.3) is 15.9 Å². The van der Waals surface area contributed by atoms with Crippen molar-refractivity contribution in [3.05, 3.63) is 83.2 Å². The van der Waals surface area contributed by atoms with Gasteiger partial charge in [0.2, 0.25) is 11.7 Å². The molecule has 1 fully saturated rings. The number of Topliss-reactive ketones (excluding diaryl/α,β-unsaturated/α-hetero) is 1. The van der Waals surface area contributed by atoms with E-state index in [1.165, 1.54) is 42.6 Å². The van der Waals surface area contributed by atoms with Crippen LogP contribution in [-0.2, 0) is 30.4 Å². The van der Waals surface area contributed by atoms with Gasteiger partial charge in [-0.15, -0.1) is 0 Å². The number of para-hydroxylation sites is 3. The number of amidine groups is 1. The van der Waals surface area contributed by atoms with Crippen LogP contribution in [-0.4, -0.2) is 70.3 Å². The molecule has 232 valence electrons. The van der Waals surface area contributed by atoms with Gasteiger partial charge in [0, 0.05) is 12.0 Å². The highest BCUT2D eigenvalue weighted by molar-refractivity contribution is 7.94. The Bertz CT molecular complexity index is 1870. The van der Waals surface area contributed by atoms with Crippen molar-refractivity contribution in [1.29, 1.82) is 0 Å². The number of carbonyl (C=O) groups is 2. The first-order chi connectivity index (χ1) is 20.9. The number of allylic oxidation sites excluding steroid dienone is 2. The summed E-state index contributed by atoms with van der Waals surface area (Å²) in [6, 6.07) is 9.37. The summed E-state index contributed by atoms with van der Waals surface area (Å²) in [4.78, 5) is 34.4. The third-order valence-corrected chi connectivity index (χ3v) is 9.57. The van der Waals surface area contributed by atoms with Crippen molar-refractivity contribution >= 4 is 48.5 Å². The van der Waals surface area contributed by atoms with Gasteiger partial charge in [-0.3, -0.25) is 19.3 Å². The summed E-state index contributed by atoms with van der Waals surface area (Å²) in [7, 11) is -8.32. The fraction of sp³-hybridized carbons (Fsp3) is 0.259. The van der Waals surface area contributed by atoms with Crippen LogP contribution >= 0.6 is 0 Å². The minimum Gasteiger partial charge on any atom is -0.435 e. The summed E-state index contributed by atoms with van der Waals surface area (Å²) in [5, 5.41) is 5.24. The van der Waals surface area contributed by atoms with E-state index in [1.54, 1.807) is 24.3 Å². The second kappa shape index (κ2) is 12.5. The first-order valence-electron chi connectivity index (χ1n) is 13.0. The van der Waals surface area contributed by atoms with Crippen LogP contribution in [0.4, 0.5) is 8.78 Å².